The molecule has 0 amide bonds. The van der Waals surface area contributed by atoms with Gasteiger partial charge in [-0.2, -0.15) is 0 Å². The van der Waals surface area contributed by atoms with E-state index in [1.165, 1.54) is 22.3 Å². The number of hydrogen-bond acceptors (Lipinski definition) is 1. The van der Waals surface area contributed by atoms with Crippen LogP contribution >= 0.6 is 0 Å². The van der Waals surface area contributed by atoms with E-state index >= 15 is 0 Å². The summed E-state index contributed by atoms with van der Waals surface area (Å²) < 4.78 is 0. The van der Waals surface area contributed by atoms with Crippen molar-refractivity contribution in [3.8, 4) is 0 Å². The number of nitrogens with zero attached hydrogens (tertiary/aromatic N) is 1. The zero-order valence-corrected chi connectivity index (χ0v) is 10.6. The number of aryl methyl sites for hydroxylation is 1. The van der Waals surface area contributed by atoms with Crippen molar-refractivity contribution in [2.24, 2.45) is 4.99 Å². The summed E-state index contributed by atoms with van der Waals surface area (Å²) >= 11 is 0. The topological polar surface area (TPSA) is 12.4 Å². The van der Waals surface area contributed by atoms with Gasteiger partial charge in [0.25, 0.3) is 0 Å². The molecule has 1 unspecified atom stereocenters. The first kappa shape index (κ1) is 11.8. The van der Waals surface area contributed by atoms with Gasteiger partial charge in [-0.15, -0.1) is 0 Å². The quantitative estimate of drug-likeness (QED) is 0.667. The molecule has 1 aliphatic carbocycles. The van der Waals surface area contributed by atoms with E-state index in [1.54, 1.807) is 6.20 Å². The third kappa shape index (κ3) is 2.38. The Morgan fingerprint density at radius 1 is 1.29 bits per heavy atom. The highest BCUT2D eigenvalue weighted by molar-refractivity contribution is 5.82. The Kier molecular flexibility index (Phi) is 3.58. The van der Waals surface area contributed by atoms with Gasteiger partial charge in [0.15, 0.2) is 0 Å². The van der Waals surface area contributed by atoms with Crippen molar-refractivity contribution in [2.45, 2.75) is 32.6 Å². The van der Waals surface area contributed by atoms with Crippen LogP contribution in [-0.2, 0) is 6.42 Å². The summed E-state index contributed by atoms with van der Waals surface area (Å²) in [4.78, 5) is 4.19. The molecule has 0 aliphatic heterocycles. The van der Waals surface area contributed by atoms with Gasteiger partial charge in [-0.1, -0.05) is 43.3 Å². The number of hydrogen-bond donors (Lipinski definition) is 0. The molecule has 1 aliphatic rings. The van der Waals surface area contributed by atoms with Crippen molar-refractivity contribution in [3.05, 3.63) is 59.3 Å². The van der Waals surface area contributed by atoms with Crippen LogP contribution in [0, 0.1) is 0 Å². The van der Waals surface area contributed by atoms with E-state index in [2.05, 4.69) is 49.7 Å². The molecule has 17 heavy (non-hydrogen) atoms. The van der Waals surface area contributed by atoms with Crippen molar-refractivity contribution >= 4 is 6.21 Å². The molecule has 2 rings (SSSR count). The average Bonchev–Trinajstić information content (AvgIpc) is 2.47. The summed E-state index contributed by atoms with van der Waals surface area (Å²) in [6.07, 6.45) is 5.83. The van der Waals surface area contributed by atoms with Crippen LogP contribution in [0.2, 0.25) is 0 Å². The lowest BCUT2D eigenvalue weighted by molar-refractivity contribution is 0.923. The van der Waals surface area contributed by atoms with E-state index in [0.717, 1.165) is 12.8 Å². The molecule has 1 heteroatoms. The van der Waals surface area contributed by atoms with Crippen LogP contribution in [0.3, 0.4) is 0 Å². The van der Waals surface area contributed by atoms with Crippen LogP contribution in [-0.4, -0.2) is 6.21 Å². The third-order valence-electron chi connectivity index (χ3n) is 3.57. The van der Waals surface area contributed by atoms with Crippen LogP contribution in [0.1, 0.15) is 37.3 Å². The number of rotatable bonds is 2. The highest BCUT2D eigenvalue weighted by Crippen LogP contribution is 2.33. The standard InChI is InChI=1S/C16H19N/c1-4-17-11-16-12(2)9-10-14-7-5-6-8-15(14)13(16)3/h4-8,11,13H,1,9-10H2,2-3H3. The van der Waals surface area contributed by atoms with E-state index in [1.807, 2.05) is 6.21 Å². The molecule has 0 N–H and O–H groups in total. The van der Waals surface area contributed by atoms with Crippen LogP contribution < -0.4 is 0 Å². The maximum absolute atomic E-state index is 4.19. The maximum Gasteiger partial charge on any atom is 0.0305 e. The Balaban J connectivity index is 2.45. The highest BCUT2D eigenvalue weighted by atomic mass is 14.7. The molecule has 1 nitrogen and oxygen atoms in total. The van der Waals surface area contributed by atoms with Gasteiger partial charge in [-0.3, -0.25) is 4.99 Å². The van der Waals surface area contributed by atoms with Gasteiger partial charge in [-0.05, 0) is 36.5 Å². The second-order valence-electron chi connectivity index (χ2n) is 4.62. The Morgan fingerprint density at radius 3 is 2.82 bits per heavy atom. The predicted molar refractivity (Wildman–Crippen MR) is 74.6 cm³/mol. The molecular formula is C16H19N. The summed E-state index contributed by atoms with van der Waals surface area (Å²) in [7, 11) is 0. The molecule has 88 valence electrons. The fourth-order valence-electron chi connectivity index (χ4n) is 2.54. The minimum atomic E-state index is 0.428. The maximum atomic E-state index is 4.19. The Morgan fingerprint density at radius 2 is 2.06 bits per heavy atom. The van der Waals surface area contributed by atoms with Crippen LogP contribution in [0.25, 0.3) is 0 Å². The fraction of sp³-hybridized carbons (Fsp3) is 0.312. The molecule has 0 saturated carbocycles. The number of aliphatic imine (C=N–C) groups is 1. The third-order valence-corrected chi connectivity index (χ3v) is 3.57. The van der Waals surface area contributed by atoms with Gasteiger partial charge in [0, 0.05) is 18.3 Å². The molecule has 0 aromatic heterocycles. The number of fused-ring (bicyclic) bond motifs is 1. The first-order chi connectivity index (χ1) is 8.24. The monoisotopic (exact) mass is 225 g/mol. The first-order valence-electron chi connectivity index (χ1n) is 6.15. The van der Waals surface area contributed by atoms with E-state index < -0.39 is 0 Å². The predicted octanol–water partition coefficient (Wildman–Crippen LogP) is 4.27. The molecule has 0 heterocycles. The zero-order valence-electron chi connectivity index (χ0n) is 10.6. The van der Waals surface area contributed by atoms with Crippen molar-refractivity contribution in [1.29, 1.82) is 0 Å². The lowest BCUT2D eigenvalue weighted by Gasteiger charge is -2.15. The Labute approximate surface area is 104 Å². The number of benzene rings is 1. The summed E-state index contributed by atoms with van der Waals surface area (Å²) in [5, 5.41) is 0. The van der Waals surface area contributed by atoms with Crippen molar-refractivity contribution in [2.75, 3.05) is 0 Å². The van der Waals surface area contributed by atoms with Gasteiger partial charge < -0.3 is 0 Å². The van der Waals surface area contributed by atoms with Crippen molar-refractivity contribution in [1.82, 2.24) is 0 Å². The molecule has 0 spiro atoms. The zero-order chi connectivity index (χ0) is 12.3. The van der Waals surface area contributed by atoms with Crippen LogP contribution in [0.15, 0.2) is 53.2 Å². The Bertz CT molecular complexity index is 480. The van der Waals surface area contributed by atoms with Gasteiger partial charge in [0.1, 0.15) is 0 Å². The van der Waals surface area contributed by atoms with E-state index in [9.17, 15) is 0 Å². The van der Waals surface area contributed by atoms with E-state index in [0.29, 0.717) is 5.92 Å². The first-order valence-corrected chi connectivity index (χ1v) is 6.15. The molecule has 0 radical (unpaired) electrons. The molecule has 0 fully saturated rings. The highest BCUT2D eigenvalue weighted by Gasteiger charge is 2.19. The summed E-state index contributed by atoms with van der Waals surface area (Å²) in [5.41, 5.74) is 5.70. The molecule has 1 aromatic carbocycles. The number of allylic oxidation sites excluding steroid dienone is 2. The minimum Gasteiger partial charge on any atom is -0.265 e. The van der Waals surface area contributed by atoms with Crippen molar-refractivity contribution < 1.29 is 0 Å². The normalized spacial score (nSPS) is 20.2. The van der Waals surface area contributed by atoms with E-state index in [-0.39, 0.29) is 0 Å². The van der Waals surface area contributed by atoms with Crippen LogP contribution in [0.5, 0.6) is 0 Å². The molecular weight excluding hydrogens is 206 g/mol. The lowest BCUT2D eigenvalue weighted by atomic mass is 9.90. The average molecular weight is 225 g/mol. The largest absolute Gasteiger partial charge is 0.265 e. The summed E-state index contributed by atoms with van der Waals surface area (Å²) in [6.45, 7) is 8.12. The molecule has 1 aromatic rings. The van der Waals surface area contributed by atoms with Gasteiger partial charge in [-0.25, -0.2) is 0 Å². The van der Waals surface area contributed by atoms with Gasteiger partial charge in [0.05, 0.1) is 0 Å². The second kappa shape index (κ2) is 5.13. The summed E-state index contributed by atoms with van der Waals surface area (Å²) in [5.74, 6) is 0.428. The Hall–Kier alpha value is -1.63. The molecule has 0 saturated heterocycles. The SMILES string of the molecule is C=CN=CC1=C(C)CCc2ccccc2C1C. The minimum absolute atomic E-state index is 0.428. The molecule has 1 atom stereocenters. The van der Waals surface area contributed by atoms with Gasteiger partial charge >= 0.3 is 0 Å². The van der Waals surface area contributed by atoms with Crippen LogP contribution in [0.4, 0.5) is 0 Å². The molecule has 0 bridgehead atoms. The van der Waals surface area contributed by atoms with E-state index in [4.69, 9.17) is 0 Å². The second-order valence-corrected chi connectivity index (χ2v) is 4.62. The fourth-order valence-corrected chi connectivity index (χ4v) is 2.54. The lowest BCUT2D eigenvalue weighted by Crippen LogP contribution is -2.01. The van der Waals surface area contributed by atoms with Gasteiger partial charge in [0.2, 0.25) is 0 Å². The van der Waals surface area contributed by atoms with Crippen molar-refractivity contribution in [3.63, 3.8) is 0 Å². The summed E-state index contributed by atoms with van der Waals surface area (Å²) in [6, 6.07) is 8.73. The smallest absolute Gasteiger partial charge is 0.0305 e.